The third-order valence-electron chi connectivity index (χ3n) is 2.84. The van der Waals surface area contributed by atoms with Crippen LogP contribution < -0.4 is 5.32 Å². The van der Waals surface area contributed by atoms with Crippen molar-refractivity contribution in [2.24, 2.45) is 0 Å². The molecule has 4 heteroatoms. The van der Waals surface area contributed by atoms with E-state index in [0.717, 1.165) is 11.1 Å². The van der Waals surface area contributed by atoms with Crippen LogP contribution in [0.4, 0.5) is 0 Å². The molecular weight excluding hydrogens is 230 g/mol. The van der Waals surface area contributed by atoms with Crippen LogP contribution in [0, 0.1) is 13.8 Å². The molecule has 1 N–H and O–H groups in total. The van der Waals surface area contributed by atoms with Gasteiger partial charge in [-0.1, -0.05) is 12.1 Å². The predicted octanol–water partition coefficient (Wildman–Crippen LogP) is 1.98. The molecular formula is C14H19NO3. The number of amides is 1. The second kappa shape index (κ2) is 6.19. The van der Waals surface area contributed by atoms with Gasteiger partial charge in [-0.15, -0.1) is 0 Å². The van der Waals surface area contributed by atoms with Crippen LogP contribution in [-0.4, -0.2) is 24.5 Å². The SMILES string of the molecule is CCOC(=O)C(C)NC(=O)c1cccc(C)c1C. The zero-order valence-corrected chi connectivity index (χ0v) is 11.2. The molecule has 0 heterocycles. The van der Waals surface area contributed by atoms with Gasteiger partial charge < -0.3 is 10.1 Å². The first-order valence-electron chi connectivity index (χ1n) is 6.01. The van der Waals surface area contributed by atoms with Crippen LogP contribution in [0.1, 0.15) is 35.3 Å². The maximum absolute atomic E-state index is 12.0. The molecule has 0 radical (unpaired) electrons. The second-order valence-electron chi connectivity index (χ2n) is 4.19. The number of carbonyl (C=O) groups excluding carboxylic acids is 2. The summed E-state index contributed by atoms with van der Waals surface area (Å²) in [4.78, 5) is 23.4. The highest BCUT2D eigenvalue weighted by atomic mass is 16.5. The minimum atomic E-state index is -0.641. The summed E-state index contributed by atoms with van der Waals surface area (Å²) >= 11 is 0. The van der Waals surface area contributed by atoms with Gasteiger partial charge >= 0.3 is 5.97 Å². The summed E-state index contributed by atoms with van der Waals surface area (Å²) in [7, 11) is 0. The molecule has 0 spiro atoms. The second-order valence-corrected chi connectivity index (χ2v) is 4.19. The van der Waals surface area contributed by atoms with Crippen molar-refractivity contribution in [1.82, 2.24) is 5.32 Å². The molecule has 1 rings (SSSR count). The van der Waals surface area contributed by atoms with Crippen LogP contribution in [0.25, 0.3) is 0 Å². The molecule has 4 nitrogen and oxygen atoms in total. The van der Waals surface area contributed by atoms with Gasteiger partial charge in [0.1, 0.15) is 6.04 Å². The van der Waals surface area contributed by atoms with Crippen molar-refractivity contribution in [3.05, 3.63) is 34.9 Å². The standard InChI is InChI=1S/C14H19NO3/c1-5-18-14(17)11(4)15-13(16)12-8-6-7-9(2)10(12)3/h6-8,11H,5H2,1-4H3,(H,15,16). The summed E-state index contributed by atoms with van der Waals surface area (Å²) < 4.78 is 4.84. The number of rotatable bonds is 4. The monoisotopic (exact) mass is 249 g/mol. The quantitative estimate of drug-likeness (QED) is 0.830. The zero-order valence-electron chi connectivity index (χ0n) is 11.2. The molecule has 1 unspecified atom stereocenters. The van der Waals surface area contributed by atoms with Crippen molar-refractivity contribution < 1.29 is 14.3 Å². The van der Waals surface area contributed by atoms with Crippen molar-refractivity contribution in [3.63, 3.8) is 0 Å². The van der Waals surface area contributed by atoms with Crippen LogP contribution >= 0.6 is 0 Å². The first-order chi connectivity index (χ1) is 8.47. The maximum atomic E-state index is 12.0. The smallest absolute Gasteiger partial charge is 0.328 e. The maximum Gasteiger partial charge on any atom is 0.328 e. The molecule has 1 aromatic carbocycles. The first kappa shape index (κ1) is 14.2. The summed E-state index contributed by atoms with van der Waals surface area (Å²) in [6.45, 7) is 7.49. The lowest BCUT2D eigenvalue weighted by atomic mass is 10.0. The Kier molecular flexibility index (Phi) is 4.89. The minimum Gasteiger partial charge on any atom is -0.464 e. The Hall–Kier alpha value is -1.84. The molecule has 0 aromatic heterocycles. The summed E-state index contributed by atoms with van der Waals surface area (Å²) in [5.74, 6) is -0.673. The molecule has 1 aromatic rings. The number of ether oxygens (including phenoxy) is 1. The van der Waals surface area contributed by atoms with Gasteiger partial charge in [-0.3, -0.25) is 4.79 Å². The molecule has 0 aliphatic heterocycles. The highest BCUT2D eigenvalue weighted by Gasteiger charge is 2.18. The van der Waals surface area contributed by atoms with Crippen molar-refractivity contribution in [2.75, 3.05) is 6.61 Å². The molecule has 0 aliphatic carbocycles. The summed E-state index contributed by atoms with van der Waals surface area (Å²) in [6, 6.07) is 4.88. The van der Waals surface area contributed by atoms with E-state index >= 15 is 0 Å². The van der Waals surface area contributed by atoms with Crippen molar-refractivity contribution in [2.45, 2.75) is 33.7 Å². The third kappa shape index (κ3) is 3.32. The number of hydrogen-bond acceptors (Lipinski definition) is 3. The molecule has 98 valence electrons. The Morgan fingerprint density at radius 3 is 2.61 bits per heavy atom. The highest BCUT2D eigenvalue weighted by molar-refractivity contribution is 5.98. The van der Waals surface area contributed by atoms with Gasteiger partial charge in [0.05, 0.1) is 6.61 Å². The fourth-order valence-corrected chi connectivity index (χ4v) is 1.60. The summed E-state index contributed by atoms with van der Waals surface area (Å²) in [5.41, 5.74) is 2.56. The van der Waals surface area contributed by atoms with Gasteiger partial charge in [0.25, 0.3) is 5.91 Å². The Morgan fingerprint density at radius 1 is 1.33 bits per heavy atom. The topological polar surface area (TPSA) is 55.4 Å². The highest BCUT2D eigenvalue weighted by Crippen LogP contribution is 2.12. The number of esters is 1. The van der Waals surface area contributed by atoms with Gasteiger partial charge in [0.15, 0.2) is 0 Å². The predicted molar refractivity (Wildman–Crippen MR) is 69.5 cm³/mol. The largest absolute Gasteiger partial charge is 0.464 e. The summed E-state index contributed by atoms with van der Waals surface area (Å²) in [6.07, 6.45) is 0. The van der Waals surface area contributed by atoms with E-state index in [1.807, 2.05) is 26.0 Å². The van der Waals surface area contributed by atoms with E-state index in [0.29, 0.717) is 12.2 Å². The molecule has 1 amide bonds. The lowest BCUT2D eigenvalue weighted by Gasteiger charge is -2.14. The Labute approximate surface area is 107 Å². The van der Waals surface area contributed by atoms with Crippen LogP contribution in [0.5, 0.6) is 0 Å². The Bertz CT molecular complexity index is 454. The number of benzene rings is 1. The lowest BCUT2D eigenvalue weighted by Crippen LogP contribution is -2.39. The van der Waals surface area contributed by atoms with Crippen LogP contribution in [0.3, 0.4) is 0 Å². The fraction of sp³-hybridized carbons (Fsp3) is 0.429. The van der Waals surface area contributed by atoms with Gasteiger partial charge in [0, 0.05) is 5.56 Å². The molecule has 0 saturated carbocycles. The normalized spacial score (nSPS) is 11.8. The molecule has 0 bridgehead atoms. The van der Waals surface area contributed by atoms with Gasteiger partial charge in [-0.05, 0) is 44.9 Å². The van der Waals surface area contributed by atoms with Gasteiger partial charge in [-0.25, -0.2) is 4.79 Å². The molecule has 0 aliphatic rings. The van der Waals surface area contributed by atoms with E-state index in [2.05, 4.69) is 5.32 Å². The van der Waals surface area contributed by atoms with E-state index < -0.39 is 12.0 Å². The number of carbonyl (C=O) groups is 2. The average molecular weight is 249 g/mol. The Balaban J connectivity index is 2.77. The summed E-state index contributed by atoms with van der Waals surface area (Å²) in [5, 5.41) is 2.64. The van der Waals surface area contributed by atoms with Crippen LogP contribution in [0.15, 0.2) is 18.2 Å². The van der Waals surface area contributed by atoms with Gasteiger partial charge in [0.2, 0.25) is 0 Å². The third-order valence-corrected chi connectivity index (χ3v) is 2.84. The number of hydrogen-bond donors (Lipinski definition) is 1. The minimum absolute atomic E-state index is 0.253. The van der Waals surface area contributed by atoms with E-state index in [1.54, 1.807) is 19.9 Å². The van der Waals surface area contributed by atoms with E-state index in [9.17, 15) is 9.59 Å². The zero-order chi connectivity index (χ0) is 13.7. The van der Waals surface area contributed by atoms with E-state index in [4.69, 9.17) is 4.74 Å². The van der Waals surface area contributed by atoms with Crippen LogP contribution in [-0.2, 0) is 9.53 Å². The molecule has 1 atom stereocenters. The fourth-order valence-electron chi connectivity index (χ4n) is 1.60. The van der Waals surface area contributed by atoms with Gasteiger partial charge in [-0.2, -0.15) is 0 Å². The average Bonchev–Trinajstić information content (AvgIpc) is 2.32. The first-order valence-corrected chi connectivity index (χ1v) is 6.01. The van der Waals surface area contributed by atoms with Crippen molar-refractivity contribution >= 4 is 11.9 Å². The van der Waals surface area contributed by atoms with Crippen LogP contribution in [0.2, 0.25) is 0 Å². The Morgan fingerprint density at radius 2 is 2.00 bits per heavy atom. The van der Waals surface area contributed by atoms with E-state index in [-0.39, 0.29) is 5.91 Å². The van der Waals surface area contributed by atoms with Crippen molar-refractivity contribution in [1.29, 1.82) is 0 Å². The molecule has 0 saturated heterocycles. The molecule has 0 fully saturated rings. The van der Waals surface area contributed by atoms with E-state index in [1.165, 1.54) is 0 Å². The molecule has 18 heavy (non-hydrogen) atoms. The lowest BCUT2D eigenvalue weighted by molar-refractivity contribution is -0.144. The van der Waals surface area contributed by atoms with Crippen molar-refractivity contribution in [3.8, 4) is 0 Å². The number of nitrogens with one attached hydrogen (secondary N) is 1. The number of aryl methyl sites for hydroxylation is 1.